The Morgan fingerprint density at radius 1 is 1.26 bits per heavy atom. The lowest BCUT2D eigenvalue weighted by Crippen LogP contribution is -2.23. The van der Waals surface area contributed by atoms with Crippen LogP contribution in [-0.2, 0) is 12.8 Å². The van der Waals surface area contributed by atoms with Crippen molar-refractivity contribution < 1.29 is 5.11 Å². The predicted molar refractivity (Wildman–Crippen MR) is 67.8 cm³/mol. The van der Waals surface area contributed by atoms with Gasteiger partial charge in [-0.1, -0.05) is 0 Å². The highest BCUT2D eigenvalue weighted by molar-refractivity contribution is 5.28. The molecule has 7 nitrogen and oxygen atoms in total. The fraction of sp³-hybridized carbons (Fsp3) is 0.417. The minimum atomic E-state index is -0.457. The van der Waals surface area contributed by atoms with E-state index in [1.807, 2.05) is 0 Å². The first-order valence-electron chi connectivity index (χ1n) is 6.21. The topological polar surface area (TPSA) is 104 Å². The maximum atomic E-state index is 12.2. The molecule has 0 fully saturated rings. The van der Waals surface area contributed by atoms with Crippen molar-refractivity contribution in [2.45, 2.75) is 32.6 Å². The largest absolute Gasteiger partial charge is 0.493 e. The minimum Gasteiger partial charge on any atom is -0.493 e. The van der Waals surface area contributed by atoms with Gasteiger partial charge in [-0.15, -0.1) is 0 Å². The maximum Gasteiger partial charge on any atom is 0.277 e. The molecule has 0 atom stereocenters. The number of rotatable bonds is 1. The van der Waals surface area contributed by atoms with Crippen LogP contribution in [0.3, 0.4) is 0 Å². The average Bonchev–Trinajstić information content (AvgIpc) is 2.73. The van der Waals surface area contributed by atoms with Gasteiger partial charge < -0.3 is 5.11 Å². The monoisotopic (exact) mass is 262 g/mol. The molecule has 3 rings (SSSR count). The number of aromatic amines is 2. The molecule has 1 aliphatic rings. The summed E-state index contributed by atoms with van der Waals surface area (Å²) in [5.41, 5.74) is 1.10. The van der Waals surface area contributed by atoms with E-state index in [2.05, 4.69) is 15.1 Å². The van der Waals surface area contributed by atoms with E-state index in [1.165, 1.54) is 11.6 Å². The molecule has 2 aromatic rings. The molecular weight excluding hydrogens is 248 g/mol. The lowest BCUT2D eigenvalue weighted by molar-refractivity contribution is 0.443. The zero-order valence-corrected chi connectivity index (χ0v) is 10.5. The number of aromatic nitrogens is 4. The Bertz CT molecular complexity index is 753. The Morgan fingerprint density at radius 2 is 2.00 bits per heavy atom. The Labute approximate surface area is 107 Å². The SMILES string of the molecule is Cc1c(O)nc(-n2[nH]c3c(c2=O)CCCC3)[nH]c1=O. The van der Waals surface area contributed by atoms with Crippen LogP contribution in [0.1, 0.15) is 29.7 Å². The number of aryl methyl sites for hydroxylation is 1. The Kier molecular flexibility index (Phi) is 2.55. The van der Waals surface area contributed by atoms with Gasteiger partial charge in [-0.3, -0.25) is 19.7 Å². The van der Waals surface area contributed by atoms with E-state index < -0.39 is 5.56 Å². The standard InChI is InChI=1S/C12H14N4O3/c1-6-9(17)13-12(14-10(6)18)16-11(19)7-4-2-3-5-8(7)15-16/h15H,2-5H2,1H3,(H2,13,14,17,18). The van der Waals surface area contributed by atoms with E-state index in [4.69, 9.17) is 0 Å². The van der Waals surface area contributed by atoms with Crippen molar-refractivity contribution in [1.82, 2.24) is 19.7 Å². The number of nitrogens with zero attached hydrogens (tertiary/aromatic N) is 2. The van der Waals surface area contributed by atoms with Crippen LogP contribution in [-0.4, -0.2) is 24.9 Å². The molecule has 1 aliphatic carbocycles. The van der Waals surface area contributed by atoms with E-state index in [-0.39, 0.29) is 23.0 Å². The maximum absolute atomic E-state index is 12.2. The van der Waals surface area contributed by atoms with Crippen LogP contribution in [0.4, 0.5) is 0 Å². The van der Waals surface area contributed by atoms with Crippen molar-refractivity contribution in [3.8, 4) is 11.8 Å². The molecule has 2 heterocycles. The fourth-order valence-corrected chi connectivity index (χ4v) is 2.35. The number of aromatic hydroxyl groups is 1. The van der Waals surface area contributed by atoms with Crippen molar-refractivity contribution in [3.05, 3.63) is 37.5 Å². The van der Waals surface area contributed by atoms with Crippen LogP contribution >= 0.6 is 0 Å². The van der Waals surface area contributed by atoms with Gasteiger partial charge in [-0.2, -0.15) is 9.67 Å². The quantitative estimate of drug-likeness (QED) is 0.680. The molecule has 0 aliphatic heterocycles. The van der Waals surface area contributed by atoms with Gasteiger partial charge >= 0.3 is 0 Å². The number of H-pyrrole nitrogens is 2. The van der Waals surface area contributed by atoms with Gasteiger partial charge in [0.2, 0.25) is 11.8 Å². The Hall–Kier alpha value is -2.31. The highest BCUT2D eigenvalue weighted by Gasteiger charge is 2.19. The summed E-state index contributed by atoms with van der Waals surface area (Å²) in [6, 6.07) is 0. The fourth-order valence-electron chi connectivity index (χ4n) is 2.35. The molecule has 2 aromatic heterocycles. The molecule has 0 radical (unpaired) electrons. The van der Waals surface area contributed by atoms with E-state index >= 15 is 0 Å². The Morgan fingerprint density at radius 3 is 2.68 bits per heavy atom. The van der Waals surface area contributed by atoms with E-state index in [0.29, 0.717) is 0 Å². The van der Waals surface area contributed by atoms with E-state index in [1.54, 1.807) is 0 Å². The van der Waals surface area contributed by atoms with Gasteiger partial charge in [0.25, 0.3) is 11.1 Å². The Balaban J connectivity index is 2.20. The van der Waals surface area contributed by atoms with E-state index in [0.717, 1.165) is 36.9 Å². The van der Waals surface area contributed by atoms with Gasteiger partial charge in [0.15, 0.2) is 0 Å². The third-order valence-corrected chi connectivity index (χ3v) is 3.50. The number of nitrogens with one attached hydrogen (secondary N) is 2. The van der Waals surface area contributed by atoms with Gasteiger partial charge in [0, 0.05) is 11.3 Å². The van der Waals surface area contributed by atoms with Gasteiger partial charge in [0.1, 0.15) is 0 Å². The van der Waals surface area contributed by atoms with Crippen molar-refractivity contribution in [2.24, 2.45) is 0 Å². The summed E-state index contributed by atoms with van der Waals surface area (Å²) < 4.78 is 1.19. The van der Waals surface area contributed by atoms with Gasteiger partial charge in [-0.25, -0.2) is 0 Å². The van der Waals surface area contributed by atoms with Crippen molar-refractivity contribution in [1.29, 1.82) is 0 Å². The third kappa shape index (κ3) is 1.78. The summed E-state index contributed by atoms with van der Waals surface area (Å²) in [4.78, 5) is 30.1. The second-order valence-electron chi connectivity index (χ2n) is 4.75. The third-order valence-electron chi connectivity index (χ3n) is 3.50. The van der Waals surface area contributed by atoms with Crippen molar-refractivity contribution in [3.63, 3.8) is 0 Å². The highest BCUT2D eigenvalue weighted by atomic mass is 16.3. The molecule has 0 bridgehead atoms. The molecule has 0 amide bonds. The molecule has 0 unspecified atom stereocenters. The summed E-state index contributed by atoms with van der Waals surface area (Å²) in [7, 11) is 0. The zero-order chi connectivity index (χ0) is 13.6. The first-order chi connectivity index (χ1) is 9.08. The van der Waals surface area contributed by atoms with Crippen LogP contribution in [0.15, 0.2) is 9.59 Å². The van der Waals surface area contributed by atoms with E-state index in [9.17, 15) is 14.7 Å². The second-order valence-corrected chi connectivity index (χ2v) is 4.75. The lowest BCUT2D eigenvalue weighted by Gasteiger charge is -2.07. The van der Waals surface area contributed by atoms with Crippen LogP contribution in [0, 0.1) is 6.92 Å². The summed E-state index contributed by atoms with van der Waals surface area (Å²) >= 11 is 0. The molecule has 19 heavy (non-hydrogen) atoms. The molecule has 0 saturated carbocycles. The predicted octanol–water partition coefficient (Wildman–Crippen LogP) is 0.142. The molecule has 0 aromatic carbocycles. The zero-order valence-electron chi connectivity index (χ0n) is 10.5. The minimum absolute atomic E-state index is 0.0208. The molecule has 7 heteroatoms. The summed E-state index contributed by atoms with van der Waals surface area (Å²) in [5, 5.41) is 12.5. The first kappa shape index (κ1) is 11.8. The molecule has 0 saturated heterocycles. The number of hydrogen-bond donors (Lipinski definition) is 3. The normalized spacial score (nSPS) is 14.4. The van der Waals surface area contributed by atoms with Gasteiger partial charge in [0.05, 0.1) is 5.56 Å². The summed E-state index contributed by atoms with van der Waals surface area (Å²) in [5.74, 6) is -0.342. The van der Waals surface area contributed by atoms with Crippen LogP contribution in [0.2, 0.25) is 0 Å². The van der Waals surface area contributed by atoms with Crippen LogP contribution in [0.25, 0.3) is 5.95 Å². The van der Waals surface area contributed by atoms with Gasteiger partial charge in [-0.05, 0) is 32.6 Å². The molecular formula is C12H14N4O3. The van der Waals surface area contributed by atoms with Crippen molar-refractivity contribution >= 4 is 0 Å². The first-order valence-corrected chi connectivity index (χ1v) is 6.21. The number of fused-ring (bicyclic) bond motifs is 1. The second kappa shape index (κ2) is 4.11. The average molecular weight is 262 g/mol. The molecule has 0 spiro atoms. The molecule has 100 valence electrons. The van der Waals surface area contributed by atoms with Crippen LogP contribution in [0.5, 0.6) is 5.88 Å². The highest BCUT2D eigenvalue weighted by Crippen LogP contribution is 2.17. The molecule has 3 N–H and O–H groups in total. The summed E-state index contributed by atoms with van der Waals surface area (Å²) in [6.45, 7) is 1.47. The lowest BCUT2D eigenvalue weighted by atomic mass is 9.98. The summed E-state index contributed by atoms with van der Waals surface area (Å²) in [6.07, 6.45) is 3.58. The van der Waals surface area contributed by atoms with Crippen LogP contribution < -0.4 is 11.1 Å². The number of hydrogen-bond acceptors (Lipinski definition) is 4. The van der Waals surface area contributed by atoms with Crippen molar-refractivity contribution in [2.75, 3.05) is 0 Å². The smallest absolute Gasteiger partial charge is 0.277 e.